The minimum Gasteiger partial charge on any atom is -0.404 e. The second-order valence-corrected chi connectivity index (χ2v) is 8.53. The van der Waals surface area contributed by atoms with Gasteiger partial charge in [0.2, 0.25) is 5.91 Å². The van der Waals surface area contributed by atoms with E-state index in [4.69, 9.17) is 0 Å². The van der Waals surface area contributed by atoms with Crippen molar-refractivity contribution in [1.29, 1.82) is 0 Å². The molecule has 160 valence electrons. The van der Waals surface area contributed by atoms with Crippen LogP contribution in [0.15, 0.2) is 24.3 Å². The predicted molar refractivity (Wildman–Crippen MR) is 102 cm³/mol. The number of aliphatic hydroxyl groups excluding tert-OH is 1. The predicted octanol–water partition coefficient (Wildman–Crippen LogP) is 3.71. The third-order valence-corrected chi connectivity index (χ3v) is 6.66. The van der Waals surface area contributed by atoms with Gasteiger partial charge in [-0.3, -0.25) is 4.79 Å². The van der Waals surface area contributed by atoms with Crippen LogP contribution in [0.1, 0.15) is 44.9 Å². The summed E-state index contributed by atoms with van der Waals surface area (Å²) in [7, 11) is 0. The lowest BCUT2D eigenvalue weighted by atomic mass is 9.78. The largest absolute Gasteiger partial charge is 0.573 e. The van der Waals surface area contributed by atoms with Crippen molar-refractivity contribution in [3.63, 3.8) is 0 Å². The van der Waals surface area contributed by atoms with Crippen LogP contribution < -0.4 is 9.64 Å². The van der Waals surface area contributed by atoms with E-state index in [1.54, 1.807) is 12.1 Å². The van der Waals surface area contributed by atoms with E-state index in [0.717, 1.165) is 44.9 Å². The molecule has 29 heavy (non-hydrogen) atoms. The second kappa shape index (κ2) is 7.70. The standard InChI is InChI=1S/C21H27F3N2O3/c22-21(23,24)29-18-5-2-1-4-17(18)25-12-3-10-20(14-25)11-13-26(19(20)28)15-6-8-16(27)9-7-15/h1-2,4-5,15-16,27H,3,6-14H2/t15-,16-,20?. The van der Waals surface area contributed by atoms with E-state index in [1.165, 1.54) is 12.1 Å². The zero-order valence-electron chi connectivity index (χ0n) is 16.3. The number of para-hydroxylation sites is 2. The number of piperidine rings is 1. The van der Waals surface area contributed by atoms with Gasteiger partial charge in [-0.25, -0.2) is 0 Å². The summed E-state index contributed by atoms with van der Waals surface area (Å²) >= 11 is 0. The van der Waals surface area contributed by atoms with Crippen LogP contribution in [-0.2, 0) is 4.79 Å². The summed E-state index contributed by atoms with van der Waals surface area (Å²) in [4.78, 5) is 17.2. The molecule has 1 saturated carbocycles. The maximum Gasteiger partial charge on any atom is 0.573 e. The fourth-order valence-electron chi connectivity index (χ4n) is 5.21. The van der Waals surface area contributed by atoms with Crippen molar-refractivity contribution in [3.05, 3.63) is 24.3 Å². The highest BCUT2D eigenvalue weighted by Crippen LogP contribution is 2.45. The van der Waals surface area contributed by atoms with E-state index in [2.05, 4.69) is 4.74 Å². The number of carbonyl (C=O) groups is 1. The van der Waals surface area contributed by atoms with Crippen LogP contribution in [-0.4, -0.2) is 54.1 Å². The molecule has 1 N–H and O–H groups in total. The molecule has 1 aromatic rings. The molecule has 8 heteroatoms. The van der Waals surface area contributed by atoms with Crippen molar-refractivity contribution >= 4 is 11.6 Å². The number of anilines is 1. The lowest BCUT2D eigenvalue weighted by Gasteiger charge is -2.41. The van der Waals surface area contributed by atoms with E-state index >= 15 is 0 Å². The summed E-state index contributed by atoms with van der Waals surface area (Å²) in [5.41, 5.74) is -0.157. The van der Waals surface area contributed by atoms with Crippen molar-refractivity contribution in [3.8, 4) is 5.75 Å². The number of hydrogen-bond donors (Lipinski definition) is 1. The number of nitrogens with zero attached hydrogens (tertiary/aromatic N) is 2. The smallest absolute Gasteiger partial charge is 0.404 e. The number of benzene rings is 1. The SMILES string of the molecule is O=C1N([C@H]2CC[C@H](O)CC2)CCC12CCCN(c1ccccc1OC(F)(F)F)C2. The molecule has 5 nitrogen and oxygen atoms in total. The third-order valence-electron chi connectivity index (χ3n) is 6.66. The van der Waals surface area contributed by atoms with Gasteiger partial charge in [-0.05, 0) is 57.1 Å². The van der Waals surface area contributed by atoms with Gasteiger partial charge in [-0.1, -0.05) is 12.1 Å². The number of likely N-dealkylation sites (tertiary alicyclic amines) is 1. The van der Waals surface area contributed by atoms with Crippen molar-refractivity contribution in [2.45, 2.75) is 63.5 Å². The Morgan fingerprint density at radius 1 is 1.07 bits per heavy atom. The molecule has 3 aliphatic rings. The summed E-state index contributed by atoms with van der Waals surface area (Å²) in [6, 6.07) is 6.32. The highest BCUT2D eigenvalue weighted by molar-refractivity contribution is 5.86. The van der Waals surface area contributed by atoms with Gasteiger partial charge in [0.1, 0.15) is 0 Å². The van der Waals surface area contributed by atoms with Crippen LogP contribution >= 0.6 is 0 Å². The number of ether oxygens (including phenoxy) is 1. The van der Waals surface area contributed by atoms with Gasteiger partial charge in [-0.2, -0.15) is 0 Å². The number of hydrogen-bond acceptors (Lipinski definition) is 4. The van der Waals surface area contributed by atoms with Gasteiger partial charge in [0.15, 0.2) is 5.75 Å². The van der Waals surface area contributed by atoms with Crippen molar-refractivity contribution < 1.29 is 27.8 Å². The molecular weight excluding hydrogens is 385 g/mol. The number of alkyl halides is 3. The third kappa shape index (κ3) is 4.17. The minimum atomic E-state index is -4.75. The summed E-state index contributed by atoms with van der Waals surface area (Å²) in [5, 5.41) is 9.74. The zero-order chi connectivity index (χ0) is 20.6. The van der Waals surface area contributed by atoms with E-state index < -0.39 is 11.8 Å². The van der Waals surface area contributed by atoms with Gasteiger partial charge in [0, 0.05) is 25.7 Å². The first kappa shape index (κ1) is 20.3. The minimum absolute atomic E-state index is 0.123. The summed E-state index contributed by atoms with van der Waals surface area (Å²) in [6.07, 6.45) is 0.279. The first-order chi connectivity index (χ1) is 13.8. The number of aliphatic hydroxyl groups is 1. The van der Waals surface area contributed by atoms with Crippen molar-refractivity contribution in [1.82, 2.24) is 4.90 Å². The molecule has 0 bridgehead atoms. The average Bonchev–Trinajstić information content (AvgIpc) is 2.98. The first-order valence-electron chi connectivity index (χ1n) is 10.4. The molecule has 3 fully saturated rings. The Hall–Kier alpha value is -1.96. The topological polar surface area (TPSA) is 53.0 Å². The maximum absolute atomic E-state index is 13.4. The number of amides is 1. The molecule has 1 unspecified atom stereocenters. The number of carbonyl (C=O) groups excluding carboxylic acids is 1. The van der Waals surface area contributed by atoms with Gasteiger partial charge in [0.25, 0.3) is 0 Å². The Morgan fingerprint density at radius 2 is 1.79 bits per heavy atom. The molecule has 1 amide bonds. The Kier molecular flexibility index (Phi) is 5.40. The molecule has 2 aliphatic heterocycles. The average molecular weight is 412 g/mol. The number of halogens is 3. The molecule has 1 atom stereocenters. The van der Waals surface area contributed by atoms with Crippen LogP contribution in [0.2, 0.25) is 0 Å². The van der Waals surface area contributed by atoms with Crippen LogP contribution in [0.3, 0.4) is 0 Å². The van der Waals surface area contributed by atoms with Crippen molar-refractivity contribution in [2.24, 2.45) is 5.41 Å². The summed E-state index contributed by atoms with van der Waals surface area (Å²) < 4.78 is 42.7. The van der Waals surface area contributed by atoms with Gasteiger partial charge >= 0.3 is 6.36 Å². The molecule has 0 aromatic heterocycles. The van der Waals surface area contributed by atoms with Crippen LogP contribution in [0.4, 0.5) is 18.9 Å². The fourth-order valence-corrected chi connectivity index (χ4v) is 5.21. The van der Waals surface area contributed by atoms with E-state index in [0.29, 0.717) is 25.3 Å². The van der Waals surface area contributed by atoms with Gasteiger partial charge in [-0.15, -0.1) is 13.2 Å². The number of rotatable bonds is 3. The van der Waals surface area contributed by atoms with Crippen molar-refractivity contribution in [2.75, 3.05) is 24.5 Å². The zero-order valence-corrected chi connectivity index (χ0v) is 16.3. The monoisotopic (exact) mass is 412 g/mol. The molecule has 1 aliphatic carbocycles. The van der Waals surface area contributed by atoms with E-state index in [-0.39, 0.29) is 23.8 Å². The Balaban J connectivity index is 1.51. The Labute approximate surface area is 168 Å². The lowest BCUT2D eigenvalue weighted by Crippen LogP contribution is -2.50. The summed E-state index contributed by atoms with van der Waals surface area (Å²) in [5.74, 6) is -0.0987. The van der Waals surface area contributed by atoms with E-state index in [9.17, 15) is 23.1 Å². The molecular formula is C21H27F3N2O3. The van der Waals surface area contributed by atoms with Crippen LogP contribution in [0.5, 0.6) is 5.75 Å². The normalized spacial score (nSPS) is 30.8. The quantitative estimate of drug-likeness (QED) is 0.823. The van der Waals surface area contributed by atoms with Gasteiger partial charge in [0.05, 0.1) is 17.2 Å². The highest BCUT2D eigenvalue weighted by Gasteiger charge is 2.51. The fraction of sp³-hybridized carbons (Fsp3) is 0.667. The van der Waals surface area contributed by atoms with Crippen LogP contribution in [0, 0.1) is 5.41 Å². The summed E-state index contributed by atoms with van der Waals surface area (Å²) in [6.45, 7) is 1.70. The van der Waals surface area contributed by atoms with Crippen LogP contribution in [0.25, 0.3) is 0 Å². The second-order valence-electron chi connectivity index (χ2n) is 8.53. The lowest BCUT2D eigenvalue weighted by molar-refractivity contribution is -0.274. The molecule has 0 radical (unpaired) electrons. The maximum atomic E-state index is 13.4. The molecule has 2 saturated heterocycles. The first-order valence-corrected chi connectivity index (χ1v) is 10.4. The molecule has 2 heterocycles. The highest BCUT2D eigenvalue weighted by atomic mass is 19.4. The Bertz CT molecular complexity index is 749. The Morgan fingerprint density at radius 3 is 2.52 bits per heavy atom. The molecule has 4 rings (SSSR count). The molecule has 1 spiro atoms. The van der Waals surface area contributed by atoms with Gasteiger partial charge < -0.3 is 19.6 Å². The van der Waals surface area contributed by atoms with E-state index in [1.807, 2.05) is 9.80 Å². The molecule has 1 aromatic carbocycles.